The molecule has 1 heterocycles. The Hall–Kier alpha value is -2.67. The Morgan fingerprint density at radius 1 is 1.24 bits per heavy atom. The standard InChI is InChI=1S/C17H12ClF2NO4/c1-23-9-2-3-10-15(4-5-24-16(10)6-9)21-25-17(22)11-7-13(19)14(20)8-12(11)18/h2-3,6-8H,4-5H2,1H3. The van der Waals surface area contributed by atoms with E-state index in [1.54, 1.807) is 18.2 Å². The fraction of sp³-hybridized carbons (Fsp3) is 0.176. The minimum absolute atomic E-state index is 0.263. The van der Waals surface area contributed by atoms with Crippen LogP contribution in [0.15, 0.2) is 35.5 Å². The van der Waals surface area contributed by atoms with E-state index in [1.165, 1.54) is 7.11 Å². The smallest absolute Gasteiger partial charge is 0.367 e. The molecule has 0 atom stereocenters. The zero-order valence-electron chi connectivity index (χ0n) is 13.0. The molecule has 1 aliphatic rings. The van der Waals surface area contributed by atoms with Gasteiger partial charge in [0.25, 0.3) is 0 Å². The molecule has 0 N–H and O–H groups in total. The van der Waals surface area contributed by atoms with Gasteiger partial charge < -0.3 is 14.3 Å². The average Bonchev–Trinajstić information content (AvgIpc) is 2.62. The van der Waals surface area contributed by atoms with E-state index >= 15 is 0 Å². The SMILES string of the molecule is COc1ccc2c(c1)OCCC2=NOC(=O)c1cc(F)c(F)cc1Cl. The number of carbonyl (C=O) groups is 1. The van der Waals surface area contributed by atoms with Gasteiger partial charge in [-0.3, -0.25) is 0 Å². The van der Waals surface area contributed by atoms with Gasteiger partial charge in [-0.25, -0.2) is 13.6 Å². The van der Waals surface area contributed by atoms with Crippen LogP contribution in [0.25, 0.3) is 0 Å². The zero-order valence-corrected chi connectivity index (χ0v) is 13.8. The summed E-state index contributed by atoms with van der Waals surface area (Å²) in [5.74, 6) is -2.18. The number of halogens is 3. The summed E-state index contributed by atoms with van der Waals surface area (Å²) in [6, 6.07) is 6.51. The van der Waals surface area contributed by atoms with Crippen molar-refractivity contribution in [1.82, 2.24) is 0 Å². The highest BCUT2D eigenvalue weighted by Crippen LogP contribution is 2.29. The second kappa shape index (κ2) is 7.06. The molecular weight excluding hydrogens is 356 g/mol. The number of hydrogen-bond acceptors (Lipinski definition) is 5. The minimum Gasteiger partial charge on any atom is -0.497 e. The van der Waals surface area contributed by atoms with Crippen LogP contribution in [0, 0.1) is 11.6 Å². The number of methoxy groups -OCH3 is 1. The number of nitrogens with zero attached hydrogens (tertiary/aromatic N) is 1. The lowest BCUT2D eigenvalue weighted by Crippen LogP contribution is -2.17. The van der Waals surface area contributed by atoms with Gasteiger partial charge in [0.15, 0.2) is 11.6 Å². The molecule has 0 saturated heterocycles. The van der Waals surface area contributed by atoms with E-state index in [1.807, 2.05) is 0 Å². The fourth-order valence-electron chi connectivity index (χ4n) is 2.30. The number of hydrogen-bond donors (Lipinski definition) is 0. The Morgan fingerprint density at radius 2 is 2.00 bits per heavy atom. The van der Waals surface area contributed by atoms with Crippen LogP contribution in [0.2, 0.25) is 5.02 Å². The second-order valence-corrected chi connectivity index (χ2v) is 5.53. The number of carbonyl (C=O) groups excluding carboxylic acids is 1. The minimum atomic E-state index is -1.20. The number of rotatable bonds is 3. The molecule has 2 aromatic rings. The molecule has 0 aromatic heterocycles. The quantitative estimate of drug-likeness (QED) is 0.468. The summed E-state index contributed by atoms with van der Waals surface area (Å²) >= 11 is 5.74. The second-order valence-electron chi connectivity index (χ2n) is 5.12. The van der Waals surface area contributed by atoms with Gasteiger partial charge in [-0.1, -0.05) is 16.8 Å². The number of oxime groups is 1. The van der Waals surface area contributed by atoms with Crippen molar-refractivity contribution in [3.63, 3.8) is 0 Å². The van der Waals surface area contributed by atoms with Gasteiger partial charge >= 0.3 is 5.97 Å². The van der Waals surface area contributed by atoms with E-state index < -0.39 is 17.6 Å². The van der Waals surface area contributed by atoms with Gasteiger partial charge in [-0.05, 0) is 24.3 Å². The van der Waals surface area contributed by atoms with Gasteiger partial charge in [-0.2, -0.15) is 0 Å². The van der Waals surface area contributed by atoms with Crippen molar-refractivity contribution in [2.45, 2.75) is 6.42 Å². The Kier molecular flexibility index (Phi) is 4.85. The Labute approximate surface area is 146 Å². The van der Waals surface area contributed by atoms with Gasteiger partial charge in [0.2, 0.25) is 0 Å². The molecule has 0 unspecified atom stereocenters. The van der Waals surface area contributed by atoms with Crippen molar-refractivity contribution in [1.29, 1.82) is 0 Å². The molecule has 0 amide bonds. The first-order chi connectivity index (χ1) is 12.0. The van der Waals surface area contributed by atoms with E-state index in [2.05, 4.69) is 5.16 Å². The molecule has 1 aliphatic heterocycles. The predicted molar refractivity (Wildman–Crippen MR) is 86.4 cm³/mol. The average molecular weight is 368 g/mol. The first kappa shape index (κ1) is 17.2. The first-order valence-corrected chi connectivity index (χ1v) is 7.61. The van der Waals surface area contributed by atoms with E-state index in [-0.39, 0.29) is 10.6 Å². The van der Waals surface area contributed by atoms with Gasteiger partial charge in [0, 0.05) is 18.1 Å². The lowest BCUT2D eigenvalue weighted by Gasteiger charge is -2.19. The maximum Gasteiger partial charge on any atom is 0.367 e. The van der Waals surface area contributed by atoms with Crippen molar-refractivity contribution in [2.75, 3.05) is 13.7 Å². The molecule has 2 aromatic carbocycles. The summed E-state index contributed by atoms with van der Waals surface area (Å²) in [5, 5.41) is 3.56. The van der Waals surface area contributed by atoms with Crippen LogP contribution in [0.5, 0.6) is 11.5 Å². The molecule has 8 heteroatoms. The summed E-state index contributed by atoms with van der Waals surface area (Å²) in [5.41, 5.74) is 0.819. The molecule has 5 nitrogen and oxygen atoms in total. The van der Waals surface area contributed by atoms with Crippen molar-refractivity contribution < 1.29 is 27.9 Å². The highest BCUT2D eigenvalue weighted by Gasteiger charge is 2.20. The van der Waals surface area contributed by atoms with Crippen LogP contribution < -0.4 is 9.47 Å². The summed E-state index contributed by atoms with van der Waals surface area (Å²) in [7, 11) is 1.53. The third-order valence-electron chi connectivity index (χ3n) is 3.56. The lowest BCUT2D eigenvalue weighted by atomic mass is 10.0. The van der Waals surface area contributed by atoms with E-state index in [0.717, 1.165) is 0 Å². The summed E-state index contributed by atoms with van der Waals surface area (Å²) in [4.78, 5) is 16.9. The Bertz CT molecular complexity index is 870. The van der Waals surface area contributed by atoms with Crippen LogP contribution in [0.4, 0.5) is 8.78 Å². The van der Waals surface area contributed by atoms with Crippen LogP contribution in [0.1, 0.15) is 22.3 Å². The number of fused-ring (bicyclic) bond motifs is 1. The molecule has 25 heavy (non-hydrogen) atoms. The molecule has 0 radical (unpaired) electrons. The Balaban J connectivity index is 1.84. The third kappa shape index (κ3) is 3.56. The van der Waals surface area contributed by atoms with Gasteiger partial charge in [0.05, 0.1) is 30.0 Å². The monoisotopic (exact) mass is 367 g/mol. The van der Waals surface area contributed by atoms with Crippen LogP contribution >= 0.6 is 11.6 Å². The van der Waals surface area contributed by atoms with Crippen LogP contribution in [-0.4, -0.2) is 25.4 Å². The van der Waals surface area contributed by atoms with Crippen molar-refractivity contribution in [3.8, 4) is 11.5 Å². The zero-order chi connectivity index (χ0) is 18.0. The molecule has 3 rings (SSSR count). The molecule has 0 saturated carbocycles. The predicted octanol–water partition coefficient (Wildman–Crippen LogP) is 3.97. The molecule has 0 bridgehead atoms. The molecule has 0 aliphatic carbocycles. The Morgan fingerprint density at radius 3 is 2.76 bits per heavy atom. The highest BCUT2D eigenvalue weighted by molar-refractivity contribution is 6.33. The lowest BCUT2D eigenvalue weighted by molar-refractivity contribution is 0.0514. The fourth-order valence-corrected chi connectivity index (χ4v) is 2.53. The van der Waals surface area contributed by atoms with Gasteiger partial charge in [-0.15, -0.1) is 0 Å². The normalized spacial score (nSPS) is 14.6. The van der Waals surface area contributed by atoms with E-state index in [0.29, 0.717) is 47.9 Å². The van der Waals surface area contributed by atoms with Crippen molar-refractivity contribution in [2.24, 2.45) is 5.16 Å². The van der Waals surface area contributed by atoms with Crippen LogP contribution in [0.3, 0.4) is 0 Å². The summed E-state index contributed by atoms with van der Waals surface area (Å²) < 4.78 is 37.0. The molecule has 130 valence electrons. The van der Waals surface area contributed by atoms with E-state index in [4.69, 9.17) is 25.9 Å². The largest absolute Gasteiger partial charge is 0.497 e. The van der Waals surface area contributed by atoms with Crippen molar-refractivity contribution >= 4 is 23.3 Å². The molecular formula is C17H12ClF2NO4. The first-order valence-electron chi connectivity index (χ1n) is 7.23. The number of benzene rings is 2. The number of ether oxygens (including phenoxy) is 2. The molecule has 0 fully saturated rings. The highest BCUT2D eigenvalue weighted by atomic mass is 35.5. The summed E-state index contributed by atoms with van der Waals surface area (Å²) in [6.45, 7) is 0.350. The topological polar surface area (TPSA) is 57.1 Å². The summed E-state index contributed by atoms with van der Waals surface area (Å²) in [6.07, 6.45) is 0.415. The maximum atomic E-state index is 13.3. The van der Waals surface area contributed by atoms with E-state index in [9.17, 15) is 13.6 Å². The molecule has 0 spiro atoms. The maximum absolute atomic E-state index is 13.3. The van der Waals surface area contributed by atoms with Crippen molar-refractivity contribution in [3.05, 3.63) is 58.1 Å². The van der Waals surface area contributed by atoms with Crippen LogP contribution in [-0.2, 0) is 4.84 Å². The third-order valence-corrected chi connectivity index (χ3v) is 3.88. The van der Waals surface area contributed by atoms with Gasteiger partial charge in [0.1, 0.15) is 11.5 Å².